The van der Waals surface area contributed by atoms with E-state index in [1.165, 1.54) is 25.5 Å². The van der Waals surface area contributed by atoms with Crippen molar-refractivity contribution in [3.8, 4) is 0 Å². The number of carboxylic acid groups (broad SMARTS) is 1. The van der Waals surface area contributed by atoms with Crippen LogP contribution in [-0.4, -0.2) is 49.3 Å². The van der Waals surface area contributed by atoms with E-state index in [-0.39, 0.29) is 11.9 Å². The van der Waals surface area contributed by atoms with Crippen LogP contribution in [0.1, 0.15) is 52.0 Å². The van der Waals surface area contributed by atoms with E-state index >= 15 is 0 Å². The molecular weight excluding hydrogens is 488 g/mol. The maximum atomic E-state index is 10.9. The standard InChI is InChI=1S/C10H18O2.C8H8.C5H8O2.C4H6O2.C3H4O2/c1-4-5-6-7-8-12-10(11)9(2)3;1-2-8-6-4-3-5-7-8;1-3-5(6)7-4-2;1-3-4(5)6-2;1-2-3(4)5/h2,4-8H2,1,3H3;2-7H,1H2;3H,1,4H2,2H3;3H,1H2,2H3;2H,1H2,(H,4,5). The first kappa shape index (κ1) is 40.9. The Morgan fingerprint density at radius 2 is 1.37 bits per heavy atom. The van der Waals surface area contributed by atoms with Crippen LogP contribution in [0.4, 0.5) is 0 Å². The lowest BCUT2D eigenvalue weighted by Crippen LogP contribution is -2.05. The molecule has 38 heavy (non-hydrogen) atoms. The number of hydrogen-bond acceptors (Lipinski definition) is 7. The minimum Gasteiger partial charge on any atom is -0.478 e. The number of aliphatic carboxylic acids is 1. The first-order valence-electron chi connectivity index (χ1n) is 11.9. The first-order chi connectivity index (χ1) is 18.0. The molecule has 0 unspecified atom stereocenters. The van der Waals surface area contributed by atoms with Gasteiger partial charge in [-0.2, -0.15) is 0 Å². The smallest absolute Gasteiger partial charge is 0.333 e. The monoisotopic (exact) mass is 532 g/mol. The summed E-state index contributed by atoms with van der Waals surface area (Å²) in [6, 6.07) is 10.0. The van der Waals surface area contributed by atoms with Crippen molar-refractivity contribution in [2.24, 2.45) is 0 Å². The van der Waals surface area contributed by atoms with E-state index in [4.69, 9.17) is 9.84 Å². The molecule has 0 aliphatic rings. The van der Waals surface area contributed by atoms with Gasteiger partial charge in [-0.15, -0.1) is 0 Å². The summed E-state index contributed by atoms with van der Waals surface area (Å²) in [6.07, 6.45) is 9.44. The quantitative estimate of drug-likeness (QED) is 0.152. The number of hydrogen-bond donors (Lipinski definition) is 1. The second-order valence-electron chi connectivity index (χ2n) is 6.82. The zero-order valence-corrected chi connectivity index (χ0v) is 23.3. The fourth-order valence-electron chi connectivity index (χ4n) is 1.69. The maximum absolute atomic E-state index is 10.9. The maximum Gasteiger partial charge on any atom is 0.333 e. The molecule has 0 aliphatic carbocycles. The van der Waals surface area contributed by atoms with Crippen LogP contribution < -0.4 is 0 Å². The third kappa shape index (κ3) is 39.0. The van der Waals surface area contributed by atoms with E-state index in [1.54, 1.807) is 13.8 Å². The van der Waals surface area contributed by atoms with Gasteiger partial charge in [0.2, 0.25) is 0 Å². The van der Waals surface area contributed by atoms with Crippen molar-refractivity contribution in [1.29, 1.82) is 0 Å². The molecule has 212 valence electrons. The molecule has 1 aromatic carbocycles. The molecule has 0 saturated heterocycles. The number of carboxylic acids is 1. The second kappa shape index (κ2) is 32.8. The van der Waals surface area contributed by atoms with Gasteiger partial charge in [0.15, 0.2) is 0 Å². The highest BCUT2D eigenvalue weighted by Gasteiger charge is 2.01. The van der Waals surface area contributed by atoms with Gasteiger partial charge in [-0.3, -0.25) is 0 Å². The minimum absolute atomic E-state index is 0.272. The van der Waals surface area contributed by atoms with Crippen LogP contribution in [0.3, 0.4) is 0 Å². The predicted molar refractivity (Wildman–Crippen MR) is 153 cm³/mol. The highest BCUT2D eigenvalue weighted by Crippen LogP contribution is 2.00. The Balaban J connectivity index is -0.000000197. The van der Waals surface area contributed by atoms with Crippen molar-refractivity contribution in [2.45, 2.75) is 46.5 Å². The molecule has 1 N–H and O–H groups in total. The normalized spacial score (nSPS) is 8.11. The highest BCUT2D eigenvalue weighted by molar-refractivity contribution is 5.86. The molecule has 8 heteroatoms. The van der Waals surface area contributed by atoms with Crippen LogP contribution in [-0.2, 0) is 33.4 Å². The lowest BCUT2D eigenvalue weighted by Gasteiger charge is -2.02. The topological polar surface area (TPSA) is 116 Å². The Bertz CT molecular complexity index is 826. The highest BCUT2D eigenvalue weighted by atomic mass is 16.5. The molecule has 0 aliphatic heterocycles. The SMILES string of the molecule is C=C(C)C(=O)OCCCCCC.C=CC(=O)O.C=CC(=O)OC.C=CC(=O)OCC.C=Cc1ccccc1. The largest absolute Gasteiger partial charge is 0.478 e. The Labute approximate surface area is 228 Å². The molecule has 0 aromatic heterocycles. The Morgan fingerprint density at radius 3 is 1.63 bits per heavy atom. The number of carbonyl (C=O) groups excluding carboxylic acids is 3. The van der Waals surface area contributed by atoms with Crippen LogP contribution in [0.2, 0.25) is 0 Å². The number of benzene rings is 1. The van der Waals surface area contributed by atoms with E-state index in [0.717, 1.165) is 31.1 Å². The minimum atomic E-state index is -0.981. The summed E-state index contributed by atoms with van der Waals surface area (Å²) < 4.78 is 13.5. The summed E-state index contributed by atoms with van der Waals surface area (Å²) in [7, 11) is 1.31. The summed E-state index contributed by atoms with van der Waals surface area (Å²) >= 11 is 0. The van der Waals surface area contributed by atoms with Gasteiger partial charge in [-0.05, 0) is 25.8 Å². The zero-order valence-electron chi connectivity index (χ0n) is 23.3. The van der Waals surface area contributed by atoms with E-state index in [1.807, 2.05) is 36.4 Å². The van der Waals surface area contributed by atoms with Gasteiger partial charge in [0.05, 0.1) is 20.3 Å². The fourth-order valence-corrected chi connectivity index (χ4v) is 1.69. The molecule has 0 amide bonds. The summed E-state index contributed by atoms with van der Waals surface area (Å²) in [4.78, 5) is 40.0. The first-order valence-corrected chi connectivity index (χ1v) is 11.9. The van der Waals surface area contributed by atoms with Crippen LogP contribution in [0.25, 0.3) is 6.08 Å². The molecule has 0 atom stereocenters. The molecule has 0 bridgehead atoms. The molecule has 0 heterocycles. The summed E-state index contributed by atoms with van der Waals surface area (Å²) in [6.45, 7) is 23.0. The molecular formula is C30H44O8. The van der Waals surface area contributed by atoms with E-state index in [0.29, 0.717) is 18.8 Å². The van der Waals surface area contributed by atoms with Crippen molar-refractivity contribution >= 4 is 30.0 Å². The second-order valence-corrected chi connectivity index (χ2v) is 6.82. The van der Waals surface area contributed by atoms with Crippen molar-refractivity contribution in [2.75, 3.05) is 20.3 Å². The lowest BCUT2D eigenvalue weighted by molar-refractivity contribution is -0.139. The molecule has 0 fully saturated rings. The fraction of sp³-hybridized carbons (Fsp3) is 0.333. The van der Waals surface area contributed by atoms with Gasteiger partial charge in [-0.1, -0.05) is 95.5 Å². The van der Waals surface area contributed by atoms with Crippen LogP contribution in [0, 0.1) is 0 Å². The number of carbonyl (C=O) groups is 4. The third-order valence-electron chi connectivity index (χ3n) is 3.61. The van der Waals surface area contributed by atoms with Gasteiger partial charge in [0.1, 0.15) is 0 Å². The average molecular weight is 533 g/mol. The number of methoxy groups -OCH3 is 1. The Hall–Kier alpha value is -4.20. The Morgan fingerprint density at radius 1 is 0.842 bits per heavy atom. The number of ether oxygens (including phenoxy) is 3. The molecule has 1 aromatic rings. The molecule has 0 saturated carbocycles. The summed E-state index contributed by atoms with van der Waals surface area (Å²) in [5.41, 5.74) is 1.65. The third-order valence-corrected chi connectivity index (χ3v) is 3.61. The lowest BCUT2D eigenvalue weighted by atomic mass is 10.2. The average Bonchev–Trinajstić information content (AvgIpc) is 2.94. The molecule has 0 spiro atoms. The Kier molecular flexibility index (Phi) is 35.3. The van der Waals surface area contributed by atoms with Crippen molar-refractivity contribution in [1.82, 2.24) is 0 Å². The molecule has 0 radical (unpaired) electrons. The van der Waals surface area contributed by atoms with Crippen molar-refractivity contribution < 1.29 is 38.5 Å². The van der Waals surface area contributed by atoms with E-state index in [2.05, 4.69) is 49.3 Å². The van der Waals surface area contributed by atoms with Crippen LogP contribution in [0.15, 0.2) is 87.0 Å². The van der Waals surface area contributed by atoms with Gasteiger partial charge in [0, 0.05) is 23.8 Å². The van der Waals surface area contributed by atoms with E-state index in [9.17, 15) is 19.2 Å². The number of rotatable bonds is 11. The van der Waals surface area contributed by atoms with Gasteiger partial charge in [-0.25, -0.2) is 19.2 Å². The summed E-state index contributed by atoms with van der Waals surface area (Å²) in [5.74, 6) is -2.01. The van der Waals surface area contributed by atoms with Gasteiger partial charge < -0.3 is 19.3 Å². The predicted octanol–water partition coefficient (Wildman–Crippen LogP) is 6.35. The van der Waals surface area contributed by atoms with Crippen molar-refractivity contribution in [3.63, 3.8) is 0 Å². The molecule has 1 rings (SSSR count). The van der Waals surface area contributed by atoms with E-state index < -0.39 is 11.9 Å². The van der Waals surface area contributed by atoms with Crippen LogP contribution in [0.5, 0.6) is 0 Å². The molecule has 8 nitrogen and oxygen atoms in total. The number of unbranched alkanes of at least 4 members (excludes halogenated alkanes) is 3. The zero-order chi connectivity index (χ0) is 30.2. The van der Waals surface area contributed by atoms with Crippen LogP contribution >= 0.6 is 0 Å². The van der Waals surface area contributed by atoms with Gasteiger partial charge in [0.25, 0.3) is 0 Å². The van der Waals surface area contributed by atoms with Crippen molar-refractivity contribution in [3.05, 3.63) is 92.6 Å². The number of esters is 3. The summed E-state index contributed by atoms with van der Waals surface area (Å²) in [5, 5.41) is 7.60. The van der Waals surface area contributed by atoms with Gasteiger partial charge >= 0.3 is 23.9 Å².